The summed E-state index contributed by atoms with van der Waals surface area (Å²) in [4.78, 5) is 14.0. The van der Waals surface area contributed by atoms with Gasteiger partial charge in [-0.2, -0.15) is 0 Å². The minimum atomic E-state index is 0.164. The molecule has 0 saturated carbocycles. The summed E-state index contributed by atoms with van der Waals surface area (Å²) < 4.78 is 0. The van der Waals surface area contributed by atoms with Gasteiger partial charge < -0.3 is 10.6 Å². The molecule has 1 aliphatic heterocycles. The zero-order valence-electron chi connectivity index (χ0n) is 10.6. The van der Waals surface area contributed by atoms with E-state index in [1.54, 1.807) is 0 Å². The number of hydrogen-bond acceptors (Lipinski definition) is 2. The van der Waals surface area contributed by atoms with Crippen LogP contribution in [0.4, 0.5) is 0 Å². The molecule has 1 amide bonds. The number of benzene rings is 1. The van der Waals surface area contributed by atoms with Crippen LogP contribution in [0.2, 0.25) is 0 Å². The average Bonchev–Trinajstić information content (AvgIpc) is 2.70. The highest BCUT2D eigenvalue weighted by Crippen LogP contribution is 2.14. The van der Waals surface area contributed by atoms with Gasteiger partial charge in [-0.1, -0.05) is 23.8 Å². The van der Waals surface area contributed by atoms with E-state index in [0.717, 1.165) is 18.5 Å². The molecule has 0 spiro atoms. The Morgan fingerprint density at radius 2 is 2.24 bits per heavy atom. The van der Waals surface area contributed by atoms with E-state index in [0.29, 0.717) is 13.0 Å². The summed E-state index contributed by atoms with van der Waals surface area (Å²) >= 11 is 0. The molecule has 1 aliphatic rings. The van der Waals surface area contributed by atoms with E-state index in [1.165, 1.54) is 11.1 Å². The molecule has 1 heterocycles. The first-order chi connectivity index (χ1) is 8.06. The smallest absolute Gasteiger partial charge is 0.227 e. The van der Waals surface area contributed by atoms with Crippen molar-refractivity contribution >= 4 is 5.91 Å². The van der Waals surface area contributed by atoms with Crippen LogP contribution in [0.5, 0.6) is 0 Å². The second-order valence-electron chi connectivity index (χ2n) is 5.00. The van der Waals surface area contributed by atoms with E-state index < -0.39 is 0 Å². The predicted molar refractivity (Wildman–Crippen MR) is 68.8 cm³/mol. The SMILES string of the molecule is Cc1ccc(C)c(CC(=O)N2CC[C@H](N)C2)c1. The first-order valence-corrected chi connectivity index (χ1v) is 6.16. The van der Waals surface area contributed by atoms with Gasteiger partial charge in [-0.25, -0.2) is 0 Å². The third-order valence-electron chi connectivity index (χ3n) is 3.42. The van der Waals surface area contributed by atoms with Crippen molar-refractivity contribution in [3.63, 3.8) is 0 Å². The molecule has 1 saturated heterocycles. The van der Waals surface area contributed by atoms with Gasteiger partial charge in [-0.3, -0.25) is 4.79 Å². The summed E-state index contributed by atoms with van der Waals surface area (Å²) in [5.74, 6) is 0.201. The molecule has 2 rings (SSSR count). The molecule has 1 atom stereocenters. The second-order valence-corrected chi connectivity index (χ2v) is 5.00. The predicted octanol–water partition coefficient (Wildman–Crippen LogP) is 1.41. The van der Waals surface area contributed by atoms with Crippen molar-refractivity contribution in [2.45, 2.75) is 32.7 Å². The zero-order chi connectivity index (χ0) is 12.4. The van der Waals surface area contributed by atoms with E-state index in [-0.39, 0.29) is 11.9 Å². The second kappa shape index (κ2) is 4.88. The molecule has 0 unspecified atom stereocenters. The number of likely N-dealkylation sites (tertiary alicyclic amines) is 1. The zero-order valence-corrected chi connectivity index (χ0v) is 10.6. The van der Waals surface area contributed by atoms with Crippen LogP contribution in [0.15, 0.2) is 18.2 Å². The Morgan fingerprint density at radius 3 is 2.88 bits per heavy atom. The van der Waals surface area contributed by atoms with Crippen LogP contribution in [0.1, 0.15) is 23.1 Å². The molecule has 92 valence electrons. The molecule has 17 heavy (non-hydrogen) atoms. The number of carbonyl (C=O) groups excluding carboxylic acids is 1. The van der Waals surface area contributed by atoms with Crippen LogP contribution in [0.25, 0.3) is 0 Å². The molecular weight excluding hydrogens is 212 g/mol. The monoisotopic (exact) mass is 232 g/mol. The van der Waals surface area contributed by atoms with E-state index in [2.05, 4.69) is 32.0 Å². The van der Waals surface area contributed by atoms with Crippen LogP contribution in [0, 0.1) is 13.8 Å². The average molecular weight is 232 g/mol. The summed E-state index contributed by atoms with van der Waals surface area (Å²) in [7, 11) is 0. The van der Waals surface area contributed by atoms with E-state index in [9.17, 15) is 4.79 Å². The summed E-state index contributed by atoms with van der Waals surface area (Å²) in [6.07, 6.45) is 1.43. The first-order valence-electron chi connectivity index (χ1n) is 6.16. The Labute approximate surface area is 103 Å². The normalized spacial score (nSPS) is 19.7. The van der Waals surface area contributed by atoms with E-state index >= 15 is 0 Å². The number of amides is 1. The first kappa shape index (κ1) is 12.1. The Balaban J connectivity index is 2.05. The van der Waals surface area contributed by atoms with Crippen LogP contribution in [-0.2, 0) is 11.2 Å². The lowest BCUT2D eigenvalue weighted by Gasteiger charge is -2.16. The van der Waals surface area contributed by atoms with Crippen molar-refractivity contribution in [3.05, 3.63) is 34.9 Å². The van der Waals surface area contributed by atoms with Crippen LogP contribution < -0.4 is 5.73 Å². The molecule has 0 aromatic heterocycles. The van der Waals surface area contributed by atoms with Crippen LogP contribution in [0.3, 0.4) is 0 Å². The van der Waals surface area contributed by atoms with Crippen molar-refractivity contribution in [2.24, 2.45) is 5.73 Å². The molecule has 0 aliphatic carbocycles. The van der Waals surface area contributed by atoms with Crippen molar-refractivity contribution < 1.29 is 4.79 Å². The number of nitrogens with zero attached hydrogens (tertiary/aromatic N) is 1. The molecular formula is C14H20N2O. The van der Waals surface area contributed by atoms with Crippen molar-refractivity contribution in [1.82, 2.24) is 4.90 Å². The van der Waals surface area contributed by atoms with Gasteiger partial charge in [0.1, 0.15) is 0 Å². The topological polar surface area (TPSA) is 46.3 Å². The lowest BCUT2D eigenvalue weighted by Crippen LogP contribution is -2.33. The molecule has 1 aromatic rings. The van der Waals surface area contributed by atoms with Crippen LogP contribution in [-0.4, -0.2) is 29.9 Å². The maximum atomic E-state index is 12.1. The van der Waals surface area contributed by atoms with Crippen molar-refractivity contribution in [2.75, 3.05) is 13.1 Å². The summed E-state index contributed by atoms with van der Waals surface area (Å²) in [5.41, 5.74) is 9.34. The number of carbonyl (C=O) groups is 1. The Morgan fingerprint density at radius 1 is 1.47 bits per heavy atom. The minimum Gasteiger partial charge on any atom is -0.341 e. The number of hydrogen-bond donors (Lipinski definition) is 1. The highest BCUT2D eigenvalue weighted by Gasteiger charge is 2.23. The third kappa shape index (κ3) is 2.86. The number of aryl methyl sites for hydroxylation is 2. The lowest BCUT2D eigenvalue weighted by atomic mass is 10.0. The summed E-state index contributed by atoms with van der Waals surface area (Å²) in [6.45, 7) is 5.63. The summed E-state index contributed by atoms with van der Waals surface area (Å²) in [5, 5.41) is 0. The van der Waals surface area contributed by atoms with E-state index in [4.69, 9.17) is 5.73 Å². The van der Waals surface area contributed by atoms with Gasteiger partial charge in [0, 0.05) is 19.1 Å². The van der Waals surface area contributed by atoms with Gasteiger partial charge in [-0.05, 0) is 31.4 Å². The lowest BCUT2D eigenvalue weighted by molar-refractivity contribution is -0.129. The van der Waals surface area contributed by atoms with Crippen LogP contribution >= 0.6 is 0 Å². The van der Waals surface area contributed by atoms with Gasteiger partial charge in [0.2, 0.25) is 5.91 Å². The maximum absolute atomic E-state index is 12.1. The van der Waals surface area contributed by atoms with Gasteiger partial charge in [0.15, 0.2) is 0 Å². The number of nitrogens with two attached hydrogens (primary N) is 1. The molecule has 1 fully saturated rings. The maximum Gasteiger partial charge on any atom is 0.227 e. The Kier molecular flexibility index (Phi) is 3.48. The van der Waals surface area contributed by atoms with Gasteiger partial charge in [0.25, 0.3) is 0 Å². The van der Waals surface area contributed by atoms with E-state index in [1.807, 2.05) is 4.90 Å². The van der Waals surface area contributed by atoms with Crippen molar-refractivity contribution in [1.29, 1.82) is 0 Å². The molecule has 1 aromatic carbocycles. The minimum absolute atomic E-state index is 0.164. The van der Waals surface area contributed by atoms with Gasteiger partial charge in [0.05, 0.1) is 6.42 Å². The largest absolute Gasteiger partial charge is 0.341 e. The fourth-order valence-corrected chi connectivity index (χ4v) is 2.28. The van der Waals surface area contributed by atoms with Gasteiger partial charge in [-0.15, -0.1) is 0 Å². The standard InChI is InChI=1S/C14H20N2O/c1-10-3-4-11(2)12(7-10)8-14(17)16-6-5-13(15)9-16/h3-4,7,13H,5-6,8-9,15H2,1-2H3/t13-/m0/s1. The highest BCUT2D eigenvalue weighted by molar-refractivity contribution is 5.79. The fourth-order valence-electron chi connectivity index (χ4n) is 2.28. The fraction of sp³-hybridized carbons (Fsp3) is 0.500. The molecule has 0 bridgehead atoms. The molecule has 2 N–H and O–H groups in total. The highest BCUT2D eigenvalue weighted by atomic mass is 16.2. The Bertz CT molecular complexity index is 428. The quantitative estimate of drug-likeness (QED) is 0.838. The molecule has 3 nitrogen and oxygen atoms in total. The Hall–Kier alpha value is -1.35. The number of rotatable bonds is 2. The third-order valence-corrected chi connectivity index (χ3v) is 3.42. The van der Waals surface area contributed by atoms with Gasteiger partial charge >= 0.3 is 0 Å². The molecule has 3 heteroatoms. The molecule has 0 radical (unpaired) electrons. The summed E-state index contributed by atoms with van der Waals surface area (Å²) in [6, 6.07) is 6.42. The van der Waals surface area contributed by atoms with Crippen molar-refractivity contribution in [3.8, 4) is 0 Å².